The summed E-state index contributed by atoms with van der Waals surface area (Å²) in [7, 11) is 1.61. The largest absolute Gasteiger partial charge is 0.507 e. The van der Waals surface area contributed by atoms with Crippen LogP contribution in [-0.4, -0.2) is 15.6 Å². The molecule has 0 bridgehead atoms. The van der Waals surface area contributed by atoms with E-state index in [4.69, 9.17) is 0 Å². The maximum absolute atomic E-state index is 12.2. The van der Waals surface area contributed by atoms with Gasteiger partial charge in [-0.25, -0.2) is 0 Å². The van der Waals surface area contributed by atoms with Crippen LogP contribution < -0.4 is 10.9 Å². The van der Waals surface area contributed by atoms with Gasteiger partial charge in [0.2, 0.25) is 5.56 Å². The second kappa shape index (κ2) is 5.83. The van der Waals surface area contributed by atoms with Gasteiger partial charge in [0.05, 0.1) is 11.3 Å². The maximum atomic E-state index is 12.2. The highest BCUT2D eigenvalue weighted by atomic mass is 16.3. The van der Waals surface area contributed by atoms with Crippen LogP contribution in [0.5, 0.6) is 5.75 Å². The summed E-state index contributed by atoms with van der Waals surface area (Å²) in [6, 6.07) is 7.90. The number of amides is 1. The zero-order valence-corrected chi connectivity index (χ0v) is 12.3. The molecule has 1 heterocycles. The van der Waals surface area contributed by atoms with Crippen LogP contribution in [0.25, 0.3) is 0 Å². The molecule has 0 radical (unpaired) electrons. The number of anilines is 1. The lowest BCUT2D eigenvalue weighted by atomic mass is 10.00. The summed E-state index contributed by atoms with van der Waals surface area (Å²) in [5.41, 5.74) is 1.53. The molecule has 0 aliphatic carbocycles. The third-order valence-electron chi connectivity index (χ3n) is 3.28. The Morgan fingerprint density at radius 3 is 2.57 bits per heavy atom. The molecule has 2 aromatic rings. The molecular weight excluding hydrogens is 268 g/mol. The number of carbonyl (C=O) groups is 1. The van der Waals surface area contributed by atoms with Gasteiger partial charge in [-0.1, -0.05) is 19.9 Å². The summed E-state index contributed by atoms with van der Waals surface area (Å²) >= 11 is 0. The van der Waals surface area contributed by atoms with Gasteiger partial charge in [-0.3, -0.25) is 9.59 Å². The molecule has 0 aliphatic rings. The minimum absolute atomic E-state index is 0.0679. The van der Waals surface area contributed by atoms with Crippen molar-refractivity contribution in [1.82, 2.24) is 4.57 Å². The highest BCUT2D eigenvalue weighted by Gasteiger charge is 2.13. The SMILES string of the molecule is CC(C)c1ccc(O)c(C(=O)Nc2ccc(=O)n(C)c2)c1. The molecule has 110 valence electrons. The Balaban J connectivity index is 2.29. The fourth-order valence-corrected chi connectivity index (χ4v) is 1.96. The van der Waals surface area contributed by atoms with Gasteiger partial charge in [-0.2, -0.15) is 0 Å². The van der Waals surface area contributed by atoms with E-state index in [1.54, 1.807) is 19.2 Å². The lowest BCUT2D eigenvalue weighted by Gasteiger charge is -2.11. The maximum Gasteiger partial charge on any atom is 0.259 e. The Bertz CT molecular complexity index is 733. The third kappa shape index (κ3) is 3.31. The van der Waals surface area contributed by atoms with Crippen LogP contribution in [0.1, 0.15) is 35.7 Å². The van der Waals surface area contributed by atoms with Crippen LogP contribution >= 0.6 is 0 Å². The summed E-state index contributed by atoms with van der Waals surface area (Å²) in [5, 5.41) is 12.5. The van der Waals surface area contributed by atoms with Crippen molar-refractivity contribution in [1.29, 1.82) is 0 Å². The second-order valence-corrected chi connectivity index (χ2v) is 5.25. The monoisotopic (exact) mass is 286 g/mol. The highest BCUT2D eigenvalue weighted by molar-refractivity contribution is 6.06. The van der Waals surface area contributed by atoms with Gasteiger partial charge in [0.25, 0.3) is 5.91 Å². The average molecular weight is 286 g/mol. The van der Waals surface area contributed by atoms with E-state index in [9.17, 15) is 14.7 Å². The quantitative estimate of drug-likeness (QED) is 0.910. The summed E-state index contributed by atoms with van der Waals surface area (Å²) in [6.07, 6.45) is 1.53. The van der Waals surface area contributed by atoms with Gasteiger partial charge in [-0.05, 0) is 29.7 Å². The standard InChI is InChI=1S/C16H18N2O3/c1-10(2)11-4-6-14(19)13(8-11)16(21)17-12-5-7-15(20)18(3)9-12/h4-10,19H,1-3H3,(H,17,21). The second-order valence-electron chi connectivity index (χ2n) is 5.25. The van der Waals surface area contributed by atoms with Crippen molar-refractivity contribution in [3.8, 4) is 5.75 Å². The van der Waals surface area contributed by atoms with Crippen molar-refractivity contribution in [3.05, 3.63) is 58.0 Å². The molecule has 2 N–H and O–H groups in total. The molecule has 0 spiro atoms. The lowest BCUT2D eigenvalue weighted by molar-refractivity contribution is 0.102. The molecule has 1 aromatic heterocycles. The van der Waals surface area contributed by atoms with Gasteiger partial charge in [0.15, 0.2) is 0 Å². The van der Waals surface area contributed by atoms with Crippen LogP contribution in [0.2, 0.25) is 0 Å². The van der Waals surface area contributed by atoms with E-state index >= 15 is 0 Å². The lowest BCUT2D eigenvalue weighted by Crippen LogP contribution is -2.18. The molecule has 2 rings (SSSR count). The zero-order chi connectivity index (χ0) is 15.6. The van der Waals surface area contributed by atoms with Gasteiger partial charge < -0.3 is 15.0 Å². The van der Waals surface area contributed by atoms with Crippen molar-refractivity contribution < 1.29 is 9.90 Å². The van der Waals surface area contributed by atoms with Crippen LogP contribution in [0.15, 0.2) is 41.3 Å². The molecular formula is C16H18N2O3. The van der Waals surface area contributed by atoms with Crippen LogP contribution in [0.4, 0.5) is 5.69 Å². The van der Waals surface area contributed by atoms with E-state index < -0.39 is 5.91 Å². The molecule has 0 saturated carbocycles. The molecule has 1 amide bonds. The van der Waals surface area contributed by atoms with Gasteiger partial charge in [0, 0.05) is 19.3 Å². The predicted molar refractivity (Wildman–Crippen MR) is 81.8 cm³/mol. The van der Waals surface area contributed by atoms with E-state index in [-0.39, 0.29) is 22.8 Å². The summed E-state index contributed by atoms with van der Waals surface area (Å²) in [5.74, 6) is -0.218. The summed E-state index contributed by atoms with van der Waals surface area (Å²) in [6.45, 7) is 4.03. The van der Waals surface area contributed by atoms with Crippen molar-refractivity contribution >= 4 is 11.6 Å². The van der Waals surface area contributed by atoms with E-state index in [2.05, 4.69) is 5.32 Å². The Morgan fingerprint density at radius 2 is 1.95 bits per heavy atom. The molecule has 1 aromatic carbocycles. The fraction of sp³-hybridized carbons (Fsp3) is 0.250. The normalized spacial score (nSPS) is 10.7. The number of rotatable bonds is 3. The number of phenols is 1. The van der Waals surface area contributed by atoms with Crippen molar-refractivity contribution in [2.24, 2.45) is 7.05 Å². The van der Waals surface area contributed by atoms with Crippen LogP contribution in [0, 0.1) is 0 Å². The number of benzene rings is 1. The highest BCUT2D eigenvalue weighted by Crippen LogP contribution is 2.24. The first-order chi connectivity index (χ1) is 9.88. The van der Waals surface area contributed by atoms with E-state index in [0.717, 1.165) is 5.56 Å². The van der Waals surface area contributed by atoms with Gasteiger partial charge >= 0.3 is 0 Å². The minimum atomic E-state index is -0.409. The summed E-state index contributed by atoms with van der Waals surface area (Å²) < 4.78 is 1.38. The number of hydrogen-bond acceptors (Lipinski definition) is 3. The van der Waals surface area contributed by atoms with E-state index in [1.165, 1.54) is 29.0 Å². The van der Waals surface area contributed by atoms with Crippen molar-refractivity contribution in [2.45, 2.75) is 19.8 Å². The number of carbonyl (C=O) groups excluding carboxylic acids is 1. The van der Waals surface area contributed by atoms with Crippen LogP contribution in [0.3, 0.4) is 0 Å². The predicted octanol–water partition coefficient (Wildman–Crippen LogP) is 2.47. The molecule has 0 unspecified atom stereocenters. The Kier molecular flexibility index (Phi) is 4.12. The number of aromatic hydroxyl groups is 1. The Labute approximate surface area is 122 Å². The fourth-order valence-electron chi connectivity index (χ4n) is 1.96. The molecule has 0 aliphatic heterocycles. The Morgan fingerprint density at radius 1 is 1.24 bits per heavy atom. The molecule has 21 heavy (non-hydrogen) atoms. The van der Waals surface area contributed by atoms with E-state index in [1.807, 2.05) is 13.8 Å². The minimum Gasteiger partial charge on any atom is -0.507 e. The van der Waals surface area contributed by atoms with Crippen LogP contribution in [-0.2, 0) is 7.05 Å². The van der Waals surface area contributed by atoms with Crippen molar-refractivity contribution in [2.75, 3.05) is 5.32 Å². The average Bonchev–Trinajstić information content (AvgIpc) is 2.43. The number of phenolic OH excluding ortho intramolecular Hbond substituents is 1. The molecule has 5 nitrogen and oxygen atoms in total. The number of aryl methyl sites for hydroxylation is 1. The van der Waals surface area contributed by atoms with Crippen molar-refractivity contribution in [3.63, 3.8) is 0 Å². The molecule has 0 atom stereocenters. The first-order valence-corrected chi connectivity index (χ1v) is 6.69. The molecule has 0 saturated heterocycles. The van der Waals surface area contributed by atoms with E-state index in [0.29, 0.717) is 5.69 Å². The summed E-state index contributed by atoms with van der Waals surface area (Å²) in [4.78, 5) is 23.6. The topological polar surface area (TPSA) is 71.3 Å². The number of aromatic nitrogens is 1. The number of nitrogens with zero attached hydrogens (tertiary/aromatic N) is 1. The van der Waals surface area contributed by atoms with Gasteiger partial charge in [0.1, 0.15) is 5.75 Å². The van der Waals surface area contributed by atoms with Gasteiger partial charge in [-0.15, -0.1) is 0 Å². The molecule has 5 heteroatoms. The molecule has 0 fully saturated rings. The smallest absolute Gasteiger partial charge is 0.259 e. The third-order valence-corrected chi connectivity index (χ3v) is 3.28. The first kappa shape index (κ1) is 14.8. The Hall–Kier alpha value is -2.56. The number of nitrogens with one attached hydrogen (secondary N) is 1. The number of hydrogen-bond donors (Lipinski definition) is 2. The first-order valence-electron chi connectivity index (χ1n) is 6.69. The zero-order valence-electron chi connectivity index (χ0n) is 12.3. The number of pyridine rings is 1.